The van der Waals surface area contributed by atoms with Crippen LogP contribution in [-0.4, -0.2) is 90.3 Å². The first kappa shape index (κ1) is 39.2. The van der Waals surface area contributed by atoms with Gasteiger partial charge >= 0.3 is 0 Å². The normalized spacial score (nSPS) is 16.3. The van der Waals surface area contributed by atoms with Crippen LogP contribution in [0.15, 0.2) is 122 Å². The highest BCUT2D eigenvalue weighted by Gasteiger charge is 2.21. The summed E-state index contributed by atoms with van der Waals surface area (Å²) in [5.74, 6) is 0.645. The van der Waals surface area contributed by atoms with Gasteiger partial charge in [-0.3, -0.25) is 9.97 Å². The van der Waals surface area contributed by atoms with E-state index in [9.17, 15) is 0 Å². The molecule has 2 aromatic carbocycles. The molecule has 2 aromatic heterocycles. The lowest BCUT2D eigenvalue weighted by atomic mass is 9.93. The molecule has 0 fully saturated rings. The highest BCUT2D eigenvalue weighted by molar-refractivity contribution is 5.81. The summed E-state index contributed by atoms with van der Waals surface area (Å²) >= 11 is 0. The van der Waals surface area contributed by atoms with E-state index in [1.165, 1.54) is 55.7 Å². The maximum absolute atomic E-state index is 5.80. The molecule has 2 unspecified atom stereocenters. The Balaban J connectivity index is 1.01. The first-order valence-electron chi connectivity index (χ1n) is 18.9. The van der Waals surface area contributed by atoms with Gasteiger partial charge in [0.25, 0.3) is 0 Å². The van der Waals surface area contributed by atoms with Crippen LogP contribution >= 0.6 is 0 Å². The summed E-state index contributed by atoms with van der Waals surface area (Å²) in [6.45, 7) is 5.88. The molecule has 0 aliphatic heterocycles. The third kappa shape index (κ3) is 11.2. The van der Waals surface area contributed by atoms with E-state index in [0.29, 0.717) is 77.9 Å². The fourth-order valence-corrected chi connectivity index (χ4v) is 6.72. The lowest BCUT2D eigenvalue weighted by Gasteiger charge is -2.12. The summed E-state index contributed by atoms with van der Waals surface area (Å²) in [4.78, 5) is 8.76. The smallest absolute Gasteiger partial charge is 0.0701 e. The molecule has 2 heterocycles. The molecule has 0 bridgehead atoms. The Kier molecular flexibility index (Phi) is 15.5. The summed E-state index contributed by atoms with van der Waals surface area (Å²) in [5.41, 5.74) is 12.1. The Morgan fingerprint density at radius 2 is 0.815 bits per heavy atom. The number of hydrogen-bond donors (Lipinski definition) is 0. The van der Waals surface area contributed by atoms with Crippen molar-refractivity contribution in [3.63, 3.8) is 0 Å². The lowest BCUT2D eigenvalue weighted by molar-refractivity contribution is 0.0256. The van der Waals surface area contributed by atoms with E-state index in [1.807, 2.05) is 24.8 Å². The molecular formula is C46H52N2O6. The van der Waals surface area contributed by atoms with Crippen LogP contribution in [0.1, 0.15) is 22.3 Å². The summed E-state index contributed by atoms with van der Waals surface area (Å²) in [6.07, 6.45) is 23.1. The molecule has 8 nitrogen and oxygen atoms in total. The van der Waals surface area contributed by atoms with Gasteiger partial charge in [-0.05, 0) is 80.6 Å². The van der Waals surface area contributed by atoms with Gasteiger partial charge in [-0.15, -0.1) is 0 Å². The van der Waals surface area contributed by atoms with E-state index in [2.05, 4.69) is 107 Å². The van der Waals surface area contributed by atoms with E-state index < -0.39 is 0 Å². The van der Waals surface area contributed by atoms with Gasteiger partial charge in [0.05, 0.1) is 66.1 Å². The minimum absolute atomic E-state index is 0.323. The quantitative estimate of drug-likeness (QED) is 0.0710. The topological polar surface area (TPSA) is 81.2 Å². The van der Waals surface area contributed by atoms with Crippen LogP contribution in [0.4, 0.5) is 0 Å². The van der Waals surface area contributed by atoms with Crippen molar-refractivity contribution in [3.05, 3.63) is 144 Å². The first-order chi connectivity index (χ1) is 26.7. The van der Waals surface area contributed by atoms with Crippen molar-refractivity contribution in [2.75, 3.05) is 80.3 Å². The number of nitrogens with zero attached hydrogens (tertiary/aromatic N) is 2. The van der Waals surface area contributed by atoms with Gasteiger partial charge in [0.2, 0.25) is 0 Å². The summed E-state index contributed by atoms with van der Waals surface area (Å²) < 4.78 is 32.6. The third-order valence-corrected chi connectivity index (χ3v) is 9.69. The van der Waals surface area contributed by atoms with Crippen molar-refractivity contribution in [2.24, 2.45) is 11.8 Å². The maximum atomic E-state index is 5.80. The average molecular weight is 729 g/mol. The van der Waals surface area contributed by atoms with Gasteiger partial charge < -0.3 is 28.4 Å². The van der Waals surface area contributed by atoms with E-state index in [1.54, 1.807) is 14.2 Å². The van der Waals surface area contributed by atoms with Crippen molar-refractivity contribution >= 4 is 11.1 Å². The van der Waals surface area contributed by atoms with Gasteiger partial charge in [-0.1, -0.05) is 85.0 Å². The molecule has 0 saturated carbocycles. The molecule has 0 amide bonds. The standard InChI is InChI=1S/C46H52N2O6/c1-49-23-25-53-29-27-51-21-17-43-33-47-19-15-45(43)37-7-3-35(4-8-37)39-11-13-41(31-39)42-14-12-40(32-42)36-5-9-38(10-6-36)46-16-20-48-34-44(46)18-22-52-28-30-54-26-24-50-2/h3-16,19-20,31-34,41-42H,17-18,21-30H2,1-2H3. The first-order valence-corrected chi connectivity index (χ1v) is 18.9. The van der Waals surface area contributed by atoms with Gasteiger partial charge in [0.15, 0.2) is 0 Å². The molecule has 0 N–H and O–H groups in total. The lowest BCUT2D eigenvalue weighted by Crippen LogP contribution is -2.10. The largest absolute Gasteiger partial charge is 0.382 e. The zero-order valence-electron chi connectivity index (χ0n) is 31.5. The van der Waals surface area contributed by atoms with Crippen molar-refractivity contribution in [3.8, 4) is 22.3 Å². The Hall–Kier alpha value is -4.54. The third-order valence-electron chi connectivity index (χ3n) is 9.69. The number of ether oxygens (including phenoxy) is 6. The molecule has 0 saturated heterocycles. The number of benzene rings is 2. The molecular weight excluding hydrogens is 677 g/mol. The molecule has 2 aliphatic rings. The molecule has 2 aliphatic carbocycles. The van der Waals surface area contributed by atoms with Crippen molar-refractivity contribution in [1.82, 2.24) is 9.97 Å². The number of rotatable bonds is 23. The zero-order chi connectivity index (χ0) is 37.2. The monoisotopic (exact) mass is 728 g/mol. The number of methoxy groups -OCH3 is 2. The van der Waals surface area contributed by atoms with Crippen LogP contribution in [0.5, 0.6) is 0 Å². The van der Waals surface area contributed by atoms with Gasteiger partial charge in [0.1, 0.15) is 0 Å². The van der Waals surface area contributed by atoms with Crippen molar-refractivity contribution in [2.45, 2.75) is 12.8 Å². The van der Waals surface area contributed by atoms with Gasteiger partial charge in [0, 0.05) is 50.8 Å². The zero-order valence-corrected chi connectivity index (χ0v) is 31.5. The Morgan fingerprint density at radius 3 is 1.22 bits per heavy atom. The minimum Gasteiger partial charge on any atom is -0.382 e. The highest BCUT2D eigenvalue weighted by atomic mass is 16.5. The van der Waals surface area contributed by atoms with E-state index in [4.69, 9.17) is 28.4 Å². The van der Waals surface area contributed by atoms with Crippen molar-refractivity contribution < 1.29 is 28.4 Å². The Bertz CT molecular complexity index is 1730. The van der Waals surface area contributed by atoms with Crippen LogP contribution < -0.4 is 0 Å². The van der Waals surface area contributed by atoms with Gasteiger partial charge in [-0.25, -0.2) is 0 Å². The molecule has 6 rings (SSSR count). The van der Waals surface area contributed by atoms with Crippen LogP contribution in [0, 0.1) is 11.8 Å². The SMILES string of the molecule is COCCOCCOCCc1cnccc1-c1ccc(C2=CC(C3C=CC(c4ccc(-c5ccncc5CCOCCOCCOC)cc4)=C3)C=C2)cc1. The minimum atomic E-state index is 0.323. The van der Waals surface area contributed by atoms with Crippen LogP contribution in [-0.2, 0) is 41.3 Å². The summed E-state index contributed by atoms with van der Waals surface area (Å²) in [6, 6.07) is 21.9. The van der Waals surface area contributed by atoms with Crippen LogP contribution in [0.3, 0.4) is 0 Å². The fraction of sp³-hybridized carbons (Fsp3) is 0.348. The maximum Gasteiger partial charge on any atom is 0.0701 e. The predicted molar refractivity (Wildman–Crippen MR) is 215 cm³/mol. The number of pyridine rings is 2. The molecule has 0 radical (unpaired) electrons. The Labute approximate surface area is 320 Å². The molecule has 282 valence electrons. The summed E-state index contributed by atoms with van der Waals surface area (Å²) in [5, 5.41) is 0. The second-order valence-electron chi connectivity index (χ2n) is 13.3. The average Bonchev–Trinajstić information content (AvgIpc) is 3.92. The highest BCUT2D eigenvalue weighted by Crippen LogP contribution is 2.37. The summed E-state index contributed by atoms with van der Waals surface area (Å²) in [7, 11) is 3.34. The fourth-order valence-electron chi connectivity index (χ4n) is 6.72. The molecule has 4 aromatic rings. The number of allylic oxidation sites excluding steroid dienone is 8. The van der Waals surface area contributed by atoms with E-state index in [-0.39, 0.29) is 0 Å². The predicted octanol–water partition coefficient (Wildman–Crippen LogP) is 8.09. The van der Waals surface area contributed by atoms with Crippen LogP contribution in [0.2, 0.25) is 0 Å². The number of aromatic nitrogens is 2. The molecule has 2 atom stereocenters. The van der Waals surface area contributed by atoms with Crippen LogP contribution in [0.25, 0.3) is 33.4 Å². The van der Waals surface area contributed by atoms with Gasteiger partial charge in [-0.2, -0.15) is 0 Å². The van der Waals surface area contributed by atoms with Crippen molar-refractivity contribution in [1.29, 1.82) is 0 Å². The van der Waals surface area contributed by atoms with E-state index in [0.717, 1.165) is 12.8 Å². The molecule has 8 heteroatoms. The Morgan fingerprint density at radius 1 is 0.444 bits per heavy atom. The second kappa shape index (κ2) is 21.4. The molecule has 54 heavy (non-hydrogen) atoms. The molecule has 0 spiro atoms. The second-order valence-corrected chi connectivity index (χ2v) is 13.3. The van der Waals surface area contributed by atoms with E-state index >= 15 is 0 Å². The number of hydrogen-bond acceptors (Lipinski definition) is 8.